The normalized spacial score (nSPS) is 11.8. The molecule has 156 valence electrons. The highest BCUT2D eigenvalue weighted by Gasteiger charge is 2.18. The molecule has 2 aromatic carbocycles. The Labute approximate surface area is 174 Å². The SMILES string of the molecule is CCc1ccc(NC(=O)[C@@H](C)OC(=O)CCc2nc3ccccc3c(=O)n2C)cc1. The minimum Gasteiger partial charge on any atom is -0.453 e. The number of hydrogen-bond acceptors (Lipinski definition) is 5. The number of carbonyl (C=O) groups excluding carboxylic acids is 2. The molecule has 7 heteroatoms. The molecule has 0 aliphatic heterocycles. The van der Waals surface area contributed by atoms with Crippen LogP contribution in [0.25, 0.3) is 10.9 Å². The number of nitrogens with one attached hydrogen (secondary N) is 1. The van der Waals surface area contributed by atoms with Crippen molar-refractivity contribution in [2.75, 3.05) is 5.32 Å². The van der Waals surface area contributed by atoms with Gasteiger partial charge in [-0.3, -0.25) is 19.0 Å². The van der Waals surface area contributed by atoms with E-state index in [9.17, 15) is 14.4 Å². The number of ether oxygens (including phenoxy) is 1. The summed E-state index contributed by atoms with van der Waals surface area (Å²) in [5.41, 5.74) is 2.25. The molecule has 0 spiro atoms. The number of para-hydroxylation sites is 1. The van der Waals surface area contributed by atoms with Crippen LogP contribution in [-0.2, 0) is 34.2 Å². The lowest BCUT2D eigenvalue weighted by atomic mass is 10.1. The Morgan fingerprint density at radius 3 is 2.53 bits per heavy atom. The van der Waals surface area contributed by atoms with Crippen LogP contribution in [0.15, 0.2) is 53.3 Å². The Kier molecular flexibility index (Phi) is 6.61. The van der Waals surface area contributed by atoms with E-state index in [1.54, 1.807) is 25.2 Å². The van der Waals surface area contributed by atoms with Crippen LogP contribution in [0.3, 0.4) is 0 Å². The van der Waals surface area contributed by atoms with Crippen LogP contribution in [0.4, 0.5) is 5.69 Å². The number of nitrogens with zero attached hydrogens (tertiary/aromatic N) is 2. The summed E-state index contributed by atoms with van der Waals surface area (Å²) in [4.78, 5) is 41.4. The fraction of sp³-hybridized carbons (Fsp3) is 0.304. The highest BCUT2D eigenvalue weighted by molar-refractivity contribution is 5.95. The van der Waals surface area contributed by atoms with E-state index in [2.05, 4.69) is 17.2 Å². The molecule has 1 aromatic heterocycles. The number of benzene rings is 2. The molecule has 3 aromatic rings. The van der Waals surface area contributed by atoms with Crippen molar-refractivity contribution in [3.63, 3.8) is 0 Å². The standard InChI is InChI=1S/C23H25N3O4/c1-4-16-9-11-17(12-10-16)24-22(28)15(2)30-21(27)14-13-20-25-19-8-6-5-7-18(19)23(29)26(20)3/h5-12,15H,4,13-14H2,1-3H3,(H,24,28)/t15-/m1/s1. The second kappa shape index (κ2) is 9.35. The predicted octanol–water partition coefficient (Wildman–Crippen LogP) is 3.00. The molecule has 0 bridgehead atoms. The lowest BCUT2D eigenvalue weighted by molar-refractivity contribution is -0.153. The van der Waals surface area contributed by atoms with E-state index in [0.717, 1.165) is 6.42 Å². The molecule has 0 fully saturated rings. The van der Waals surface area contributed by atoms with Crippen molar-refractivity contribution in [2.24, 2.45) is 7.05 Å². The molecular weight excluding hydrogens is 382 g/mol. The zero-order valence-electron chi connectivity index (χ0n) is 17.3. The van der Waals surface area contributed by atoms with E-state index in [-0.39, 0.29) is 18.4 Å². The van der Waals surface area contributed by atoms with Crippen molar-refractivity contribution < 1.29 is 14.3 Å². The third-order valence-electron chi connectivity index (χ3n) is 4.94. The zero-order chi connectivity index (χ0) is 21.7. The van der Waals surface area contributed by atoms with Crippen molar-refractivity contribution >= 4 is 28.5 Å². The minimum atomic E-state index is -0.934. The molecule has 0 saturated heterocycles. The molecule has 1 heterocycles. The van der Waals surface area contributed by atoms with Gasteiger partial charge in [-0.2, -0.15) is 0 Å². The first-order chi connectivity index (χ1) is 14.4. The van der Waals surface area contributed by atoms with E-state index in [4.69, 9.17) is 4.74 Å². The largest absolute Gasteiger partial charge is 0.453 e. The second-order valence-corrected chi connectivity index (χ2v) is 7.08. The van der Waals surface area contributed by atoms with E-state index >= 15 is 0 Å². The van der Waals surface area contributed by atoms with Gasteiger partial charge in [0.1, 0.15) is 5.82 Å². The molecule has 0 saturated carbocycles. The average Bonchev–Trinajstić information content (AvgIpc) is 2.75. The van der Waals surface area contributed by atoms with Crippen LogP contribution in [-0.4, -0.2) is 27.5 Å². The van der Waals surface area contributed by atoms with Crippen LogP contribution in [0.5, 0.6) is 0 Å². The number of aromatic nitrogens is 2. The average molecular weight is 407 g/mol. The first kappa shape index (κ1) is 21.2. The van der Waals surface area contributed by atoms with Gasteiger partial charge in [0.25, 0.3) is 11.5 Å². The quantitative estimate of drug-likeness (QED) is 0.608. The maximum absolute atomic E-state index is 12.4. The van der Waals surface area contributed by atoms with Gasteiger partial charge in [-0.1, -0.05) is 31.2 Å². The number of carbonyl (C=O) groups is 2. The smallest absolute Gasteiger partial charge is 0.307 e. The Hall–Kier alpha value is -3.48. The first-order valence-corrected chi connectivity index (χ1v) is 9.93. The number of hydrogen-bond donors (Lipinski definition) is 1. The Morgan fingerprint density at radius 2 is 1.83 bits per heavy atom. The van der Waals surface area contributed by atoms with Gasteiger partial charge in [-0.15, -0.1) is 0 Å². The molecular formula is C23H25N3O4. The number of fused-ring (bicyclic) bond motifs is 1. The predicted molar refractivity (Wildman–Crippen MR) is 115 cm³/mol. The number of amides is 1. The third-order valence-corrected chi connectivity index (χ3v) is 4.94. The molecule has 1 amide bonds. The highest BCUT2D eigenvalue weighted by Crippen LogP contribution is 2.12. The first-order valence-electron chi connectivity index (χ1n) is 9.93. The summed E-state index contributed by atoms with van der Waals surface area (Å²) in [6.45, 7) is 3.58. The highest BCUT2D eigenvalue weighted by atomic mass is 16.5. The molecule has 1 N–H and O–H groups in total. The van der Waals surface area contributed by atoms with Crippen molar-refractivity contribution in [3.05, 3.63) is 70.3 Å². The van der Waals surface area contributed by atoms with Gasteiger partial charge in [0.05, 0.1) is 17.3 Å². The van der Waals surface area contributed by atoms with E-state index < -0.39 is 18.0 Å². The molecule has 1 atom stereocenters. The molecule has 3 rings (SSSR count). The molecule has 0 unspecified atom stereocenters. The van der Waals surface area contributed by atoms with E-state index in [1.165, 1.54) is 17.1 Å². The van der Waals surface area contributed by atoms with Crippen molar-refractivity contribution in [1.29, 1.82) is 0 Å². The van der Waals surface area contributed by atoms with E-state index in [1.807, 2.05) is 30.3 Å². The number of anilines is 1. The van der Waals surface area contributed by atoms with E-state index in [0.29, 0.717) is 22.4 Å². The Morgan fingerprint density at radius 1 is 1.13 bits per heavy atom. The van der Waals surface area contributed by atoms with Gasteiger partial charge in [0.15, 0.2) is 6.10 Å². The Bertz CT molecular complexity index is 1120. The van der Waals surface area contributed by atoms with Crippen molar-refractivity contribution in [3.8, 4) is 0 Å². The van der Waals surface area contributed by atoms with Crippen LogP contribution < -0.4 is 10.9 Å². The fourth-order valence-corrected chi connectivity index (χ4v) is 3.08. The molecule has 0 radical (unpaired) electrons. The van der Waals surface area contributed by atoms with Gasteiger partial charge < -0.3 is 10.1 Å². The topological polar surface area (TPSA) is 90.3 Å². The minimum absolute atomic E-state index is 0.0153. The van der Waals surface area contributed by atoms with Crippen LogP contribution in [0, 0.1) is 0 Å². The van der Waals surface area contributed by atoms with Gasteiger partial charge in [0.2, 0.25) is 0 Å². The summed E-state index contributed by atoms with van der Waals surface area (Å²) in [5, 5.41) is 3.27. The van der Waals surface area contributed by atoms with Gasteiger partial charge in [-0.05, 0) is 43.2 Å². The molecule has 0 aliphatic rings. The van der Waals surface area contributed by atoms with Gasteiger partial charge in [0, 0.05) is 19.2 Å². The summed E-state index contributed by atoms with van der Waals surface area (Å²) in [6.07, 6.45) is 0.237. The molecule has 30 heavy (non-hydrogen) atoms. The van der Waals surface area contributed by atoms with Crippen LogP contribution in [0.1, 0.15) is 31.7 Å². The van der Waals surface area contributed by atoms with Gasteiger partial charge in [-0.25, -0.2) is 4.98 Å². The Balaban J connectivity index is 1.57. The van der Waals surface area contributed by atoms with Crippen molar-refractivity contribution in [2.45, 2.75) is 39.2 Å². The van der Waals surface area contributed by atoms with Crippen molar-refractivity contribution in [1.82, 2.24) is 9.55 Å². The third kappa shape index (κ3) is 4.92. The summed E-state index contributed by atoms with van der Waals surface area (Å²) in [6, 6.07) is 14.6. The lowest BCUT2D eigenvalue weighted by Crippen LogP contribution is -2.30. The number of rotatable bonds is 7. The number of esters is 1. The number of aryl methyl sites for hydroxylation is 2. The van der Waals surface area contributed by atoms with Crippen LogP contribution in [0.2, 0.25) is 0 Å². The zero-order valence-corrected chi connectivity index (χ0v) is 17.3. The maximum Gasteiger partial charge on any atom is 0.307 e. The second-order valence-electron chi connectivity index (χ2n) is 7.08. The lowest BCUT2D eigenvalue weighted by Gasteiger charge is -2.14. The van der Waals surface area contributed by atoms with Crippen LogP contribution >= 0.6 is 0 Å². The summed E-state index contributed by atoms with van der Waals surface area (Å²) >= 11 is 0. The summed E-state index contributed by atoms with van der Waals surface area (Å²) < 4.78 is 6.68. The summed E-state index contributed by atoms with van der Waals surface area (Å²) in [7, 11) is 1.63. The molecule has 0 aliphatic carbocycles. The monoisotopic (exact) mass is 407 g/mol. The fourth-order valence-electron chi connectivity index (χ4n) is 3.08. The maximum atomic E-state index is 12.4. The van der Waals surface area contributed by atoms with Gasteiger partial charge >= 0.3 is 5.97 Å². The molecule has 7 nitrogen and oxygen atoms in total. The summed E-state index contributed by atoms with van der Waals surface area (Å²) in [5.74, 6) is -0.436.